The molecule has 0 unspecified atom stereocenters. The van der Waals surface area contributed by atoms with Crippen LogP contribution in [0.25, 0.3) is 11.1 Å². The predicted octanol–water partition coefficient (Wildman–Crippen LogP) is 5.09. The maximum atomic E-state index is 12.5. The molecule has 0 radical (unpaired) electrons. The molecule has 2 amide bonds. The Kier molecular flexibility index (Phi) is 3.80. The Bertz CT molecular complexity index is 1020. The van der Waals surface area contributed by atoms with Crippen molar-refractivity contribution in [2.24, 2.45) is 0 Å². The Labute approximate surface area is 155 Å². The third kappa shape index (κ3) is 3.44. The highest BCUT2D eigenvalue weighted by atomic mass is 16.6. The number of urea groups is 1. The summed E-state index contributed by atoms with van der Waals surface area (Å²) in [6.45, 7) is 6.00. The summed E-state index contributed by atoms with van der Waals surface area (Å²) in [4.78, 5) is 12.5. The summed E-state index contributed by atoms with van der Waals surface area (Å²) in [5.74, 6) is 2.55. The van der Waals surface area contributed by atoms with Gasteiger partial charge < -0.3 is 19.7 Å². The number of carbonyl (C=O) groups excluding carboxylic acids is 1. The van der Waals surface area contributed by atoms with E-state index in [1.165, 1.54) is 0 Å². The number of nitrogens with zero attached hydrogens (tertiary/aromatic N) is 1. The van der Waals surface area contributed by atoms with E-state index in [-0.39, 0.29) is 11.2 Å². The number of fused-ring (bicyclic) bond motifs is 1. The second kappa shape index (κ2) is 6.05. The minimum Gasteiger partial charge on any atom is -0.508 e. The fourth-order valence-corrected chi connectivity index (χ4v) is 2.69. The van der Waals surface area contributed by atoms with E-state index in [1.54, 1.807) is 30.3 Å². The van der Waals surface area contributed by atoms with Crippen LogP contribution in [0.2, 0.25) is 0 Å². The van der Waals surface area contributed by atoms with Gasteiger partial charge in [-0.25, -0.2) is 4.79 Å². The van der Waals surface area contributed by atoms with Gasteiger partial charge in [0.05, 0.1) is 5.69 Å². The van der Waals surface area contributed by atoms with E-state index in [1.807, 2.05) is 32.9 Å². The van der Waals surface area contributed by atoms with Crippen LogP contribution in [0.3, 0.4) is 0 Å². The van der Waals surface area contributed by atoms with E-state index in [9.17, 15) is 9.90 Å². The van der Waals surface area contributed by atoms with Crippen LogP contribution >= 0.6 is 0 Å². The Morgan fingerprint density at radius 3 is 2.48 bits per heavy atom. The van der Waals surface area contributed by atoms with Gasteiger partial charge in [-0.3, -0.25) is 5.32 Å². The van der Waals surface area contributed by atoms with E-state index < -0.39 is 6.03 Å². The van der Waals surface area contributed by atoms with Crippen molar-refractivity contribution in [3.05, 3.63) is 48.2 Å². The lowest BCUT2D eigenvalue weighted by atomic mass is 9.93. The monoisotopic (exact) mass is 365 g/mol. The number of carbonyl (C=O) groups is 1. The molecule has 0 fully saturated rings. The molecular formula is C20H19N3O4. The number of anilines is 2. The van der Waals surface area contributed by atoms with E-state index in [0.717, 1.165) is 16.9 Å². The lowest BCUT2D eigenvalue weighted by molar-refractivity contribution is 0.262. The number of hydrogen-bond donors (Lipinski definition) is 3. The number of phenols is 1. The van der Waals surface area contributed by atoms with Gasteiger partial charge in [0.25, 0.3) is 0 Å². The third-order valence-electron chi connectivity index (χ3n) is 4.20. The van der Waals surface area contributed by atoms with Crippen molar-refractivity contribution >= 4 is 17.5 Å². The zero-order valence-corrected chi connectivity index (χ0v) is 15.2. The highest BCUT2D eigenvalue weighted by molar-refractivity contribution is 6.05. The van der Waals surface area contributed by atoms with Crippen molar-refractivity contribution in [1.29, 1.82) is 0 Å². The minimum absolute atomic E-state index is 0.176. The second-order valence-corrected chi connectivity index (χ2v) is 7.37. The second-order valence-electron chi connectivity index (χ2n) is 7.37. The zero-order valence-electron chi connectivity index (χ0n) is 15.2. The van der Waals surface area contributed by atoms with Gasteiger partial charge in [0, 0.05) is 17.0 Å². The van der Waals surface area contributed by atoms with Gasteiger partial charge >= 0.3 is 6.03 Å². The normalized spacial score (nSPS) is 12.1. The van der Waals surface area contributed by atoms with Crippen molar-refractivity contribution < 1.29 is 19.2 Å². The number of phenolic OH excluding ortho intramolecular Hbond substituents is 1. The van der Waals surface area contributed by atoms with Crippen LogP contribution in [0.15, 0.2) is 47.0 Å². The fraction of sp³-hybridized carbons (Fsp3) is 0.200. The molecule has 3 N–H and O–H groups in total. The lowest BCUT2D eigenvalue weighted by Crippen LogP contribution is -2.19. The van der Waals surface area contributed by atoms with Crippen LogP contribution in [0.4, 0.5) is 16.3 Å². The molecule has 0 aliphatic carbocycles. The van der Waals surface area contributed by atoms with Crippen molar-refractivity contribution in [3.8, 4) is 28.4 Å². The zero-order chi connectivity index (χ0) is 19.2. The van der Waals surface area contributed by atoms with Gasteiger partial charge in [-0.1, -0.05) is 38.1 Å². The standard InChI is InChI=1S/C20H19N3O4/c1-20(2,3)15-10-16(23-27-15)21-19(25)22-17-13(8-9-14-18(17)26-14)11-4-6-12(24)7-5-11/h4-10,24H,1-3H3,(H2,21,22,23,25). The number of ether oxygens (including phenoxy) is 1. The molecule has 4 rings (SSSR count). The molecule has 138 valence electrons. The summed E-state index contributed by atoms with van der Waals surface area (Å²) in [6, 6.07) is 11.7. The third-order valence-corrected chi connectivity index (χ3v) is 4.20. The minimum atomic E-state index is -0.451. The lowest BCUT2D eigenvalue weighted by Gasteiger charge is -2.12. The molecule has 1 aromatic heterocycles. The fourth-order valence-electron chi connectivity index (χ4n) is 2.69. The van der Waals surface area contributed by atoms with E-state index in [0.29, 0.717) is 23.0 Å². The van der Waals surface area contributed by atoms with Crippen molar-refractivity contribution in [2.75, 3.05) is 10.6 Å². The molecular weight excluding hydrogens is 346 g/mol. The summed E-state index contributed by atoms with van der Waals surface area (Å²) in [6.07, 6.45) is 0. The quantitative estimate of drug-likeness (QED) is 0.439. The molecule has 3 aromatic rings. The first-order valence-electron chi connectivity index (χ1n) is 8.51. The summed E-state index contributed by atoms with van der Waals surface area (Å²) < 4.78 is 10.7. The Morgan fingerprint density at radius 2 is 1.81 bits per heavy atom. The molecule has 0 saturated heterocycles. The number of amides is 2. The highest BCUT2D eigenvalue weighted by Crippen LogP contribution is 2.54. The van der Waals surface area contributed by atoms with Crippen molar-refractivity contribution in [1.82, 2.24) is 5.16 Å². The Morgan fingerprint density at radius 1 is 1.07 bits per heavy atom. The van der Waals surface area contributed by atoms with E-state index in [2.05, 4.69) is 15.8 Å². The van der Waals surface area contributed by atoms with Gasteiger partial charge in [-0.2, -0.15) is 0 Å². The van der Waals surface area contributed by atoms with Crippen LogP contribution in [-0.2, 0) is 5.41 Å². The van der Waals surface area contributed by atoms with Crippen LogP contribution < -0.4 is 15.4 Å². The van der Waals surface area contributed by atoms with Crippen LogP contribution in [0.5, 0.6) is 17.2 Å². The average Bonchev–Trinajstić information content (AvgIpc) is 3.25. The molecule has 7 nitrogen and oxygen atoms in total. The summed E-state index contributed by atoms with van der Waals surface area (Å²) in [5.41, 5.74) is 2.00. The molecule has 7 heteroatoms. The van der Waals surface area contributed by atoms with Gasteiger partial charge in [0.15, 0.2) is 17.3 Å². The number of aromatic nitrogens is 1. The Balaban J connectivity index is 1.55. The molecule has 0 spiro atoms. The smallest absolute Gasteiger partial charge is 0.325 e. The molecule has 2 heterocycles. The molecule has 0 atom stereocenters. The van der Waals surface area contributed by atoms with Gasteiger partial charge in [-0.15, -0.1) is 0 Å². The molecule has 2 aromatic carbocycles. The molecule has 1 aliphatic heterocycles. The van der Waals surface area contributed by atoms with Gasteiger partial charge in [-0.05, 0) is 29.8 Å². The number of rotatable bonds is 3. The first-order chi connectivity index (χ1) is 12.8. The molecule has 0 bridgehead atoms. The SMILES string of the molecule is CC(C)(C)c1cc(NC(=O)Nc2c(-c3ccc(O)cc3)ccc3c2O3)no1. The summed E-state index contributed by atoms with van der Waals surface area (Å²) in [5, 5.41) is 18.9. The number of benzene rings is 2. The average molecular weight is 365 g/mol. The Hall–Kier alpha value is -3.48. The number of hydrogen-bond acceptors (Lipinski definition) is 5. The number of nitrogens with one attached hydrogen (secondary N) is 2. The predicted molar refractivity (Wildman–Crippen MR) is 101 cm³/mol. The molecule has 27 heavy (non-hydrogen) atoms. The highest BCUT2D eigenvalue weighted by Gasteiger charge is 2.29. The number of aromatic hydroxyl groups is 1. The van der Waals surface area contributed by atoms with Crippen LogP contribution in [-0.4, -0.2) is 16.3 Å². The van der Waals surface area contributed by atoms with Crippen LogP contribution in [0.1, 0.15) is 26.5 Å². The molecule has 0 saturated carbocycles. The maximum absolute atomic E-state index is 12.5. The first-order valence-corrected chi connectivity index (χ1v) is 8.51. The van der Waals surface area contributed by atoms with Crippen molar-refractivity contribution in [2.45, 2.75) is 26.2 Å². The topological polar surface area (TPSA) is 99.9 Å². The van der Waals surface area contributed by atoms with E-state index in [4.69, 9.17) is 9.26 Å². The van der Waals surface area contributed by atoms with Gasteiger partial charge in [0.1, 0.15) is 11.5 Å². The van der Waals surface area contributed by atoms with Crippen molar-refractivity contribution in [3.63, 3.8) is 0 Å². The van der Waals surface area contributed by atoms with Crippen LogP contribution in [0, 0.1) is 0 Å². The van der Waals surface area contributed by atoms with E-state index >= 15 is 0 Å². The molecule has 1 aliphatic rings. The maximum Gasteiger partial charge on any atom is 0.325 e. The largest absolute Gasteiger partial charge is 0.508 e. The summed E-state index contributed by atoms with van der Waals surface area (Å²) in [7, 11) is 0. The van der Waals surface area contributed by atoms with Gasteiger partial charge in [0.2, 0.25) is 0 Å². The summed E-state index contributed by atoms with van der Waals surface area (Å²) >= 11 is 0. The first kappa shape index (κ1) is 17.0.